The molecule has 0 bridgehead atoms. The topological polar surface area (TPSA) is 71.5 Å². The quantitative estimate of drug-likeness (QED) is 0.410. The molecule has 2 heterocycles. The third kappa shape index (κ3) is 7.06. The van der Waals surface area contributed by atoms with Crippen LogP contribution < -0.4 is 9.47 Å². The summed E-state index contributed by atoms with van der Waals surface area (Å²) in [7, 11) is 3.26. The zero-order chi connectivity index (χ0) is 24.3. The molecule has 7 nitrogen and oxygen atoms in total. The van der Waals surface area contributed by atoms with E-state index in [1.807, 2.05) is 34.1 Å². The number of aliphatic hydroxyl groups is 1. The predicted octanol–water partition coefficient (Wildman–Crippen LogP) is 3.54. The molecule has 34 heavy (non-hydrogen) atoms. The van der Waals surface area contributed by atoms with Crippen LogP contribution in [-0.4, -0.2) is 80.5 Å². The fourth-order valence-corrected chi connectivity index (χ4v) is 5.15. The molecule has 0 aliphatic carbocycles. The zero-order valence-corrected chi connectivity index (χ0v) is 21.0. The van der Waals surface area contributed by atoms with Crippen LogP contribution >= 0.6 is 11.3 Å². The first-order valence-electron chi connectivity index (χ1n) is 11.7. The minimum absolute atomic E-state index is 0.0255. The maximum atomic E-state index is 13.5. The highest BCUT2D eigenvalue weighted by Crippen LogP contribution is 2.35. The summed E-state index contributed by atoms with van der Waals surface area (Å²) in [5.41, 5.74) is 1.15. The molecule has 2 unspecified atom stereocenters. The summed E-state index contributed by atoms with van der Waals surface area (Å²) in [4.78, 5) is 18.7. The predicted molar refractivity (Wildman–Crippen MR) is 135 cm³/mol. The van der Waals surface area contributed by atoms with Crippen LogP contribution in [0.3, 0.4) is 0 Å². The van der Waals surface area contributed by atoms with E-state index in [1.54, 1.807) is 31.6 Å². The average Bonchev–Trinajstić information content (AvgIpc) is 3.33. The lowest BCUT2D eigenvalue weighted by Crippen LogP contribution is -2.48. The molecule has 0 spiro atoms. The fourth-order valence-electron chi connectivity index (χ4n) is 4.22. The second-order valence-corrected chi connectivity index (χ2v) is 9.36. The Morgan fingerprint density at radius 2 is 2.12 bits per heavy atom. The molecular formula is C26H36N2O5S. The highest BCUT2D eigenvalue weighted by Gasteiger charge is 2.33. The van der Waals surface area contributed by atoms with Gasteiger partial charge in [-0.25, -0.2) is 0 Å². The van der Waals surface area contributed by atoms with Crippen molar-refractivity contribution in [2.75, 3.05) is 53.6 Å². The number of para-hydroxylation sites is 2. The zero-order valence-electron chi connectivity index (χ0n) is 20.2. The van der Waals surface area contributed by atoms with Crippen LogP contribution in [0.2, 0.25) is 0 Å². The molecule has 8 heteroatoms. The lowest BCUT2D eigenvalue weighted by molar-refractivity contribution is -0.136. The smallest absolute Gasteiger partial charge is 0.237 e. The molecule has 1 aliphatic heterocycles. The number of fused-ring (bicyclic) bond motifs is 1. The standard InChI is InChI=1S/C26H36N2O5S/c1-4-5-8-20(29)17-27(14-15-31-2)18-26(30)28-13-11-25-21(12-16-34-25)22(28)19-33-24-10-7-6-9-23(24)32-3/h4,6-7,9-10,12,16,20,22,29H,1,5,8,11,13-15,17-19H2,2-3H3. The van der Waals surface area contributed by atoms with E-state index in [1.165, 1.54) is 4.88 Å². The maximum absolute atomic E-state index is 13.5. The number of carbonyl (C=O) groups is 1. The van der Waals surface area contributed by atoms with Gasteiger partial charge in [-0.1, -0.05) is 18.2 Å². The molecule has 1 N–H and O–H groups in total. The number of hydrogen-bond acceptors (Lipinski definition) is 7. The number of carbonyl (C=O) groups excluding carboxylic acids is 1. The van der Waals surface area contributed by atoms with Gasteiger partial charge in [0.25, 0.3) is 0 Å². The highest BCUT2D eigenvalue weighted by molar-refractivity contribution is 7.10. The first-order chi connectivity index (χ1) is 16.6. The number of aliphatic hydroxyl groups excluding tert-OH is 1. The molecule has 186 valence electrons. The molecule has 0 radical (unpaired) electrons. The van der Waals surface area contributed by atoms with E-state index in [-0.39, 0.29) is 18.5 Å². The van der Waals surface area contributed by atoms with Crippen LogP contribution in [0, 0.1) is 0 Å². The van der Waals surface area contributed by atoms with Crippen LogP contribution in [0.25, 0.3) is 0 Å². The van der Waals surface area contributed by atoms with E-state index in [9.17, 15) is 9.90 Å². The Morgan fingerprint density at radius 1 is 1.32 bits per heavy atom. The van der Waals surface area contributed by atoms with Gasteiger partial charge in [0.2, 0.25) is 5.91 Å². The van der Waals surface area contributed by atoms with Crippen LogP contribution in [0.1, 0.15) is 29.3 Å². The van der Waals surface area contributed by atoms with Crippen molar-refractivity contribution in [2.24, 2.45) is 0 Å². The Kier molecular flexibility index (Phi) is 10.4. The number of benzene rings is 1. The minimum Gasteiger partial charge on any atom is -0.493 e. The highest BCUT2D eigenvalue weighted by atomic mass is 32.1. The third-order valence-electron chi connectivity index (χ3n) is 6.02. The van der Waals surface area contributed by atoms with Crippen LogP contribution in [0.15, 0.2) is 48.4 Å². The van der Waals surface area contributed by atoms with Crippen LogP contribution in [0.4, 0.5) is 0 Å². The average molecular weight is 489 g/mol. The normalized spacial score (nSPS) is 16.2. The summed E-state index contributed by atoms with van der Waals surface area (Å²) < 4.78 is 16.8. The summed E-state index contributed by atoms with van der Waals surface area (Å²) in [5.74, 6) is 1.35. The van der Waals surface area contributed by atoms with Gasteiger partial charge in [-0.3, -0.25) is 9.69 Å². The molecule has 2 atom stereocenters. The van der Waals surface area contributed by atoms with Gasteiger partial charge < -0.3 is 24.2 Å². The maximum Gasteiger partial charge on any atom is 0.237 e. The molecule has 2 aromatic rings. The summed E-state index contributed by atoms with van der Waals surface area (Å²) in [6, 6.07) is 9.46. The number of methoxy groups -OCH3 is 2. The van der Waals surface area contributed by atoms with Crippen molar-refractivity contribution in [1.29, 1.82) is 0 Å². The third-order valence-corrected chi connectivity index (χ3v) is 7.02. The van der Waals surface area contributed by atoms with Crippen LogP contribution in [-0.2, 0) is 16.0 Å². The summed E-state index contributed by atoms with van der Waals surface area (Å²) in [5, 5.41) is 12.5. The molecule has 1 amide bonds. The van der Waals surface area contributed by atoms with Crippen molar-refractivity contribution in [3.8, 4) is 11.5 Å². The Bertz CT molecular complexity index is 918. The summed E-state index contributed by atoms with van der Waals surface area (Å²) >= 11 is 1.73. The van der Waals surface area contributed by atoms with E-state index >= 15 is 0 Å². The van der Waals surface area contributed by atoms with E-state index < -0.39 is 6.10 Å². The first-order valence-corrected chi connectivity index (χ1v) is 12.6. The van der Waals surface area contributed by atoms with E-state index in [0.717, 1.165) is 18.4 Å². The van der Waals surface area contributed by atoms with Gasteiger partial charge >= 0.3 is 0 Å². The van der Waals surface area contributed by atoms with E-state index in [0.29, 0.717) is 50.8 Å². The molecule has 3 rings (SSSR count). The lowest BCUT2D eigenvalue weighted by atomic mass is 10.0. The first kappa shape index (κ1) is 26.2. The number of rotatable bonds is 14. The van der Waals surface area contributed by atoms with Crippen molar-refractivity contribution in [2.45, 2.75) is 31.4 Å². The molecule has 1 aliphatic rings. The molecule has 0 saturated heterocycles. The number of ether oxygens (including phenoxy) is 3. The lowest BCUT2D eigenvalue weighted by Gasteiger charge is -2.37. The summed E-state index contributed by atoms with van der Waals surface area (Å²) in [6.45, 7) is 6.42. The number of hydrogen-bond donors (Lipinski definition) is 1. The van der Waals surface area contributed by atoms with Gasteiger partial charge in [-0.15, -0.1) is 17.9 Å². The monoisotopic (exact) mass is 488 g/mol. The van der Waals surface area contributed by atoms with Crippen molar-refractivity contribution in [1.82, 2.24) is 9.80 Å². The second kappa shape index (κ2) is 13.5. The van der Waals surface area contributed by atoms with Gasteiger partial charge in [-0.05, 0) is 48.4 Å². The minimum atomic E-state index is -0.517. The molecule has 1 aromatic heterocycles. The van der Waals surface area contributed by atoms with Gasteiger partial charge in [0, 0.05) is 31.6 Å². The number of allylic oxidation sites excluding steroid dienone is 1. The second-order valence-electron chi connectivity index (χ2n) is 8.36. The largest absolute Gasteiger partial charge is 0.493 e. The SMILES string of the molecule is C=CCCC(O)CN(CCOC)CC(=O)N1CCc2sccc2C1COc1ccccc1OC. The molecular weight excluding hydrogens is 452 g/mol. The van der Waals surface area contributed by atoms with E-state index in [4.69, 9.17) is 14.2 Å². The van der Waals surface area contributed by atoms with Gasteiger partial charge in [0.1, 0.15) is 6.61 Å². The van der Waals surface area contributed by atoms with Crippen molar-refractivity contribution in [3.63, 3.8) is 0 Å². The summed E-state index contributed by atoms with van der Waals surface area (Å²) in [6.07, 6.45) is 3.48. The molecule has 0 fully saturated rings. The Balaban J connectivity index is 1.72. The number of nitrogens with zero attached hydrogens (tertiary/aromatic N) is 2. The Morgan fingerprint density at radius 3 is 2.85 bits per heavy atom. The van der Waals surface area contributed by atoms with Crippen molar-refractivity contribution < 1.29 is 24.1 Å². The molecule has 1 aromatic carbocycles. The van der Waals surface area contributed by atoms with Gasteiger partial charge in [0.05, 0.1) is 32.4 Å². The van der Waals surface area contributed by atoms with Crippen molar-refractivity contribution in [3.05, 3.63) is 58.8 Å². The molecule has 0 saturated carbocycles. The van der Waals surface area contributed by atoms with Crippen molar-refractivity contribution >= 4 is 17.2 Å². The number of amides is 1. The number of thiophene rings is 1. The Hall–Kier alpha value is -2.39. The van der Waals surface area contributed by atoms with Crippen LogP contribution in [0.5, 0.6) is 11.5 Å². The van der Waals surface area contributed by atoms with E-state index in [2.05, 4.69) is 18.0 Å². The fraction of sp³-hybridized carbons (Fsp3) is 0.500. The van der Waals surface area contributed by atoms with Gasteiger partial charge in [0.15, 0.2) is 11.5 Å². The van der Waals surface area contributed by atoms with Gasteiger partial charge in [-0.2, -0.15) is 0 Å². The Labute approximate surface area is 206 Å².